The summed E-state index contributed by atoms with van der Waals surface area (Å²) in [6.45, 7) is 4.01. The fourth-order valence-corrected chi connectivity index (χ4v) is 3.07. The molecule has 6 atom stereocenters. The normalized spacial score (nSPS) is 27.1. The summed E-state index contributed by atoms with van der Waals surface area (Å²) in [6, 6.07) is 8.26. The van der Waals surface area contributed by atoms with Crippen LogP contribution in [0, 0.1) is 0 Å². The SMILES string of the molecule is CC(=O)NC[C@H]1O[C@H](OCc2ccccc2)[C@H](NC(C)=O)[C@@H](O[C@H](C)C(=O)O)[C@@H]1O. The van der Waals surface area contributed by atoms with Crippen molar-refractivity contribution in [2.24, 2.45) is 0 Å². The van der Waals surface area contributed by atoms with Crippen LogP contribution in [0.2, 0.25) is 0 Å². The maximum absolute atomic E-state index is 11.8. The molecule has 30 heavy (non-hydrogen) atoms. The highest BCUT2D eigenvalue weighted by Gasteiger charge is 2.48. The quantitative estimate of drug-likeness (QED) is 0.426. The molecule has 1 aliphatic rings. The summed E-state index contributed by atoms with van der Waals surface area (Å²) >= 11 is 0. The van der Waals surface area contributed by atoms with E-state index in [1.807, 2.05) is 30.3 Å². The molecule has 0 radical (unpaired) electrons. The lowest BCUT2D eigenvalue weighted by molar-refractivity contribution is -0.278. The number of carboxylic acid groups (broad SMARTS) is 1. The number of aliphatic hydroxyl groups excluding tert-OH is 1. The van der Waals surface area contributed by atoms with E-state index < -0.39 is 48.6 Å². The maximum Gasteiger partial charge on any atom is 0.332 e. The zero-order valence-electron chi connectivity index (χ0n) is 17.1. The molecule has 0 saturated carbocycles. The van der Waals surface area contributed by atoms with Gasteiger partial charge in [0.2, 0.25) is 11.8 Å². The van der Waals surface area contributed by atoms with E-state index in [-0.39, 0.29) is 19.1 Å². The molecule has 1 aliphatic heterocycles. The summed E-state index contributed by atoms with van der Waals surface area (Å²) < 4.78 is 17.2. The highest BCUT2D eigenvalue weighted by Crippen LogP contribution is 2.26. The molecule has 1 saturated heterocycles. The molecule has 4 N–H and O–H groups in total. The van der Waals surface area contributed by atoms with Crippen LogP contribution >= 0.6 is 0 Å². The summed E-state index contributed by atoms with van der Waals surface area (Å²) in [5, 5.41) is 25.1. The van der Waals surface area contributed by atoms with Crippen LogP contribution in [0.4, 0.5) is 0 Å². The van der Waals surface area contributed by atoms with Crippen molar-refractivity contribution >= 4 is 17.8 Å². The van der Waals surface area contributed by atoms with Gasteiger partial charge in [0.05, 0.1) is 6.61 Å². The predicted molar refractivity (Wildman–Crippen MR) is 104 cm³/mol. The first kappa shape index (κ1) is 23.7. The summed E-state index contributed by atoms with van der Waals surface area (Å²) in [4.78, 5) is 34.3. The van der Waals surface area contributed by atoms with Crippen molar-refractivity contribution in [3.8, 4) is 0 Å². The second-order valence-electron chi connectivity index (χ2n) is 7.07. The molecule has 1 heterocycles. The molecule has 2 amide bonds. The summed E-state index contributed by atoms with van der Waals surface area (Å²) in [7, 11) is 0. The Hall–Kier alpha value is -2.53. The van der Waals surface area contributed by atoms with Crippen LogP contribution in [0.15, 0.2) is 30.3 Å². The average Bonchev–Trinajstić information content (AvgIpc) is 2.69. The van der Waals surface area contributed by atoms with Crippen molar-refractivity contribution in [1.82, 2.24) is 10.6 Å². The topological polar surface area (TPSA) is 143 Å². The first-order valence-corrected chi connectivity index (χ1v) is 9.58. The first-order valence-electron chi connectivity index (χ1n) is 9.58. The molecule has 166 valence electrons. The number of carbonyl (C=O) groups excluding carboxylic acids is 2. The number of amides is 2. The summed E-state index contributed by atoms with van der Waals surface area (Å²) in [5.74, 6) is -1.98. The Balaban J connectivity index is 2.26. The minimum atomic E-state index is -1.33. The third-order valence-electron chi connectivity index (χ3n) is 4.56. The smallest absolute Gasteiger partial charge is 0.332 e. The number of hydrogen-bond donors (Lipinski definition) is 4. The van der Waals surface area contributed by atoms with Gasteiger partial charge in [-0.2, -0.15) is 0 Å². The number of aliphatic carboxylic acids is 1. The molecule has 2 rings (SSSR count). The van der Waals surface area contributed by atoms with E-state index in [1.165, 1.54) is 20.8 Å². The van der Waals surface area contributed by atoms with Gasteiger partial charge in [-0.3, -0.25) is 9.59 Å². The summed E-state index contributed by atoms with van der Waals surface area (Å²) in [5.41, 5.74) is 0.851. The van der Waals surface area contributed by atoms with Crippen molar-refractivity contribution in [3.05, 3.63) is 35.9 Å². The second-order valence-corrected chi connectivity index (χ2v) is 7.07. The Labute approximate surface area is 174 Å². The van der Waals surface area contributed by atoms with Gasteiger partial charge in [0, 0.05) is 20.4 Å². The highest BCUT2D eigenvalue weighted by atomic mass is 16.7. The Bertz CT molecular complexity index is 729. The van der Waals surface area contributed by atoms with E-state index in [0.29, 0.717) is 0 Å². The van der Waals surface area contributed by atoms with Crippen molar-refractivity contribution in [2.75, 3.05) is 6.54 Å². The maximum atomic E-state index is 11.8. The van der Waals surface area contributed by atoms with Gasteiger partial charge in [-0.05, 0) is 12.5 Å². The van der Waals surface area contributed by atoms with Crippen LogP contribution in [-0.2, 0) is 35.2 Å². The van der Waals surface area contributed by atoms with E-state index in [1.54, 1.807) is 0 Å². The third kappa shape index (κ3) is 6.77. The van der Waals surface area contributed by atoms with Crippen LogP contribution < -0.4 is 10.6 Å². The standard InChI is InChI=1S/C20H28N2O8/c1-11(19(26)27)29-18-16(22-13(3)24)20(28-10-14-7-5-4-6-8-14)30-15(17(18)25)9-21-12(2)23/h4-8,11,15-18,20,25H,9-10H2,1-3H3,(H,21,23)(H,22,24)(H,26,27)/t11-,15-,16-,17-,18-,20+/m1/s1. The number of ether oxygens (including phenoxy) is 3. The van der Waals surface area contributed by atoms with E-state index in [9.17, 15) is 24.6 Å². The monoisotopic (exact) mass is 424 g/mol. The van der Waals surface area contributed by atoms with E-state index in [4.69, 9.17) is 14.2 Å². The Kier molecular flexibility index (Phi) is 8.72. The van der Waals surface area contributed by atoms with Gasteiger partial charge in [0.1, 0.15) is 24.4 Å². The highest BCUT2D eigenvalue weighted by molar-refractivity contribution is 5.74. The van der Waals surface area contributed by atoms with Crippen LogP contribution in [0.1, 0.15) is 26.3 Å². The zero-order valence-corrected chi connectivity index (χ0v) is 17.1. The molecule has 0 aromatic heterocycles. The van der Waals surface area contributed by atoms with Crippen molar-refractivity contribution < 1.29 is 38.8 Å². The molecule has 0 spiro atoms. The Morgan fingerprint density at radius 2 is 1.83 bits per heavy atom. The minimum Gasteiger partial charge on any atom is -0.479 e. The third-order valence-corrected chi connectivity index (χ3v) is 4.56. The van der Waals surface area contributed by atoms with E-state index in [0.717, 1.165) is 5.56 Å². The molecule has 10 heteroatoms. The fourth-order valence-electron chi connectivity index (χ4n) is 3.07. The van der Waals surface area contributed by atoms with Gasteiger partial charge < -0.3 is 35.1 Å². The Morgan fingerprint density at radius 1 is 1.17 bits per heavy atom. The van der Waals surface area contributed by atoms with Crippen molar-refractivity contribution in [3.63, 3.8) is 0 Å². The largest absolute Gasteiger partial charge is 0.479 e. The van der Waals surface area contributed by atoms with Gasteiger partial charge in [0.25, 0.3) is 0 Å². The number of rotatable bonds is 9. The minimum absolute atomic E-state index is 0.0458. The van der Waals surface area contributed by atoms with Gasteiger partial charge in [-0.15, -0.1) is 0 Å². The number of hydrogen-bond acceptors (Lipinski definition) is 7. The molecule has 0 unspecified atom stereocenters. The van der Waals surface area contributed by atoms with E-state index in [2.05, 4.69) is 10.6 Å². The molecule has 1 aromatic carbocycles. The number of carbonyl (C=O) groups is 3. The van der Waals surface area contributed by atoms with Crippen molar-refractivity contribution in [2.45, 2.75) is 64.1 Å². The number of carboxylic acids is 1. The molecule has 1 fully saturated rings. The molecule has 1 aromatic rings. The second kappa shape index (κ2) is 11.0. The molecule has 0 bridgehead atoms. The lowest BCUT2D eigenvalue weighted by Gasteiger charge is -2.45. The Morgan fingerprint density at radius 3 is 2.40 bits per heavy atom. The van der Waals surface area contributed by atoms with E-state index >= 15 is 0 Å². The van der Waals surface area contributed by atoms with Crippen LogP contribution in [0.3, 0.4) is 0 Å². The first-order chi connectivity index (χ1) is 14.2. The van der Waals surface area contributed by atoms with Gasteiger partial charge in [0.15, 0.2) is 12.4 Å². The molecule has 0 aliphatic carbocycles. The van der Waals surface area contributed by atoms with Gasteiger partial charge in [-0.1, -0.05) is 30.3 Å². The lowest BCUT2D eigenvalue weighted by Crippen LogP contribution is -2.66. The van der Waals surface area contributed by atoms with Crippen molar-refractivity contribution in [1.29, 1.82) is 0 Å². The van der Waals surface area contributed by atoms with Gasteiger partial charge in [-0.25, -0.2) is 4.79 Å². The van der Waals surface area contributed by atoms with Crippen LogP contribution in [-0.4, -0.2) is 71.3 Å². The molecular formula is C20H28N2O8. The summed E-state index contributed by atoms with van der Waals surface area (Å²) in [6.07, 6.45) is -5.72. The fraction of sp³-hybridized carbons (Fsp3) is 0.550. The zero-order chi connectivity index (χ0) is 22.3. The molecular weight excluding hydrogens is 396 g/mol. The number of aliphatic hydroxyl groups is 1. The van der Waals surface area contributed by atoms with Gasteiger partial charge >= 0.3 is 5.97 Å². The van der Waals surface area contributed by atoms with Crippen LogP contribution in [0.5, 0.6) is 0 Å². The average molecular weight is 424 g/mol. The predicted octanol–water partition coefficient (Wildman–Crippen LogP) is -0.212. The molecule has 10 nitrogen and oxygen atoms in total. The number of nitrogens with one attached hydrogen (secondary N) is 2. The lowest BCUT2D eigenvalue weighted by atomic mass is 9.95. The number of benzene rings is 1. The van der Waals surface area contributed by atoms with Crippen LogP contribution in [0.25, 0.3) is 0 Å².